The van der Waals surface area contributed by atoms with E-state index in [0.717, 1.165) is 12.1 Å². The number of halogens is 4. The molecule has 0 fully saturated rings. The highest BCUT2D eigenvalue weighted by molar-refractivity contribution is 6.31. The van der Waals surface area contributed by atoms with E-state index in [1.165, 1.54) is 13.0 Å². The van der Waals surface area contributed by atoms with E-state index in [0.29, 0.717) is 5.56 Å². The van der Waals surface area contributed by atoms with Crippen LogP contribution in [0, 0.1) is 11.3 Å². The fourth-order valence-corrected chi connectivity index (χ4v) is 2.12. The van der Waals surface area contributed by atoms with Gasteiger partial charge in [0.2, 0.25) is 0 Å². The Kier molecular flexibility index (Phi) is 6.58. The van der Waals surface area contributed by atoms with Crippen molar-refractivity contribution >= 4 is 23.4 Å². The number of rotatable bonds is 6. The van der Waals surface area contributed by atoms with Gasteiger partial charge in [-0.1, -0.05) is 17.7 Å². The van der Waals surface area contributed by atoms with Crippen molar-refractivity contribution in [1.29, 1.82) is 5.26 Å². The van der Waals surface area contributed by atoms with Gasteiger partial charge in [-0.2, -0.15) is 18.4 Å². The zero-order valence-electron chi connectivity index (χ0n) is 12.1. The van der Waals surface area contributed by atoms with Gasteiger partial charge >= 0.3 is 12.1 Å². The first-order valence-electron chi connectivity index (χ1n) is 6.56. The molecule has 0 aliphatic heterocycles. The molecule has 1 aromatic rings. The number of carbonyl (C=O) groups excluding carboxylic acids is 2. The molecule has 0 radical (unpaired) electrons. The third kappa shape index (κ3) is 5.91. The molecule has 23 heavy (non-hydrogen) atoms. The van der Waals surface area contributed by atoms with Crippen LogP contribution in [0.2, 0.25) is 5.02 Å². The van der Waals surface area contributed by atoms with Gasteiger partial charge in [-0.3, -0.25) is 9.59 Å². The minimum absolute atomic E-state index is 0.0852. The SMILES string of the molecule is CC(=O)CC(=O)OCCC(C#N)c1ccc(C(F)(F)F)c(Cl)c1. The van der Waals surface area contributed by atoms with Gasteiger partial charge in [0.1, 0.15) is 12.2 Å². The number of hydrogen-bond acceptors (Lipinski definition) is 4. The summed E-state index contributed by atoms with van der Waals surface area (Å²) in [5, 5.41) is 8.60. The van der Waals surface area contributed by atoms with Crippen LogP contribution in [0.1, 0.15) is 36.8 Å². The van der Waals surface area contributed by atoms with Crippen LogP contribution in [-0.2, 0) is 20.5 Å². The first-order chi connectivity index (χ1) is 10.6. The molecule has 0 spiro atoms. The second-order valence-electron chi connectivity index (χ2n) is 4.81. The number of alkyl halides is 3. The van der Waals surface area contributed by atoms with Crippen molar-refractivity contribution in [1.82, 2.24) is 0 Å². The third-order valence-corrected chi connectivity index (χ3v) is 3.23. The Morgan fingerprint density at radius 2 is 2.04 bits per heavy atom. The lowest BCUT2D eigenvalue weighted by molar-refractivity contribution is -0.146. The molecule has 1 rings (SSSR count). The Morgan fingerprint density at radius 3 is 2.52 bits per heavy atom. The summed E-state index contributed by atoms with van der Waals surface area (Å²) in [6.07, 6.45) is -4.84. The number of Topliss-reactive ketones (excluding diaryl/α,β-unsaturated/α-hetero) is 1. The average molecular weight is 348 g/mol. The van der Waals surface area contributed by atoms with Gasteiger partial charge in [0, 0.05) is 6.42 Å². The minimum Gasteiger partial charge on any atom is -0.465 e. The summed E-state index contributed by atoms with van der Waals surface area (Å²) in [5.41, 5.74) is -0.680. The van der Waals surface area contributed by atoms with E-state index >= 15 is 0 Å². The number of nitrogens with zero attached hydrogens (tertiary/aromatic N) is 1. The maximum atomic E-state index is 12.6. The highest BCUT2D eigenvalue weighted by atomic mass is 35.5. The summed E-state index contributed by atoms with van der Waals surface area (Å²) >= 11 is 5.60. The van der Waals surface area contributed by atoms with E-state index in [1.54, 1.807) is 0 Å². The predicted molar refractivity (Wildman–Crippen MR) is 75.7 cm³/mol. The number of esters is 1. The van der Waals surface area contributed by atoms with Gasteiger partial charge in [-0.25, -0.2) is 0 Å². The maximum absolute atomic E-state index is 12.6. The van der Waals surface area contributed by atoms with Crippen molar-refractivity contribution in [2.75, 3.05) is 6.61 Å². The Balaban J connectivity index is 2.72. The molecule has 0 bridgehead atoms. The normalized spacial score (nSPS) is 12.3. The fraction of sp³-hybridized carbons (Fsp3) is 0.400. The third-order valence-electron chi connectivity index (χ3n) is 2.92. The largest absolute Gasteiger partial charge is 0.465 e. The topological polar surface area (TPSA) is 67.2 Å². The Hall–Kier alpha value is -2.07. The number of carbonyl (C=O) groups is 2. The van der Waals surface area contributed by atoms with Gasteiger partial charge in [0.05, 0.1) is 29.2 Å². The first kappa shape index (κ1) is 19.0. The predicted octanol–water partition coefficient (Wildman–Crippen LogP) is 3.88. The van der Waals surface area contributed by atoms with E-state index in [9.17, 15) is 22.8 Å². The van der Waals surface area contributed by atoms with Crippen LogP contribution < -0.4 is 0 Å². The zero-order chi connectivity index (χ0) is 17.6. The molecule has 8 heteroatoms. The number of benzene rings is 1. The van der Waals surface area contributed by atoms with Gasteiger partial charge < -0.3 is 4.74 Å². The van der Waals surface area contributed by atoms with E-state index in [-0.39, 0.29) is 25.2 Å². The lowest BCUT2D eigenvalue weighted by atomic mass is 9.96. The molecule has 0 heterocycles. The lowest BCUT2D eigenvalue weighted by Crippen LogP contribution is -2.12. The quantitative estimate of drug-likeness (QED) is 0.578. The Labute approximate surface area is 135 Å². The molecular formula is C15H13ClF3NO3. The van der Waals surface area contributed by atoms with Crippen LogP contribution in [0.5, 0.6) is 0 Å². The molecule has 0 aliphatic carbocycles. The highest BCUT2D eigenvalue weighted by Crippen LogP contribution is 2.36. The Bertz CT molecular complexity index is 638. The summed E-state index contributed by atoms with van der Waals surface area (Å²) in [5.74, 6) is -1.83. The van der Waals surface area contributed by atoms with Crippen molar-refractivity contribution in [3.63, 3.8) is 0 Å². The van der Waals surface area contributed by atoms with Gasteiger partial charge in [0.25, 0.3) is 0 Å². The van der Waals surface area contributed by atoms with Crippen LogP contribution in [0.4, 0.5) is 13.2 Å². The molecule has 0 amide bonds. The van der Waals surface area contributed by atoms with Crippen LogP contribution in [0.25, 0.3) is 0 Å². The molecule has 1 atom stereocenters. The fourth-order valence-electron chi connectivity index (χ4n) is 1.83. The molecular weight excluding hydrogens is 335 g/mol. The van der Waals surface area contributed by atoms with E-state index in [4.69, 9.17) is 21.6 Å². The smallest absolute Gasteiger partial charge is 0.417 e. The second kappa shape index (κ2) is 7.97. The van der Waals surface area contributed by atoms with Crippen LogP contribution in [0.15, 0.2) is 18.2 Å². The molecule has 1 aromatic carbocycles. The van der Waals surface area contributed by atoms with E-state index in [1.807, 2.05) is 6.07 Å². The summed E-state index contributed by atoms with van der Waals surface area (Å²) in [6.45, 7) is 1.12. The number of ketones is 1. The van der Waals surface area contributed by atoms with E-state index < -0.39 is 28.6 Å². The van der Waals surface area contributed by atoms with Gasteiger partial charge in [0.15, 0.2) is 0 Å². The van der Waals surface area contributed by atoms with Crippen molar-refractivity contribution in [2.24, 2.45) is 0 Å². The van der Waals surface area contributed by atoms with Crippen LogP contribution in [-0.4, -0.2) is 18.4 Å². The Morgan fingerprint density at radius 1 is 1.39 bits per heavy atom. The summed E-state index contributed by atoms with van der Waals surface area (Å²) in [6, 6.07) is 4.98. The zero-order valence-corrected chi connectivity index (χ0v) is 12.9. The number of ether oxygens (including phenoxy) is 1. The molecule has 0 aliphatic rings. The molecule has 0 N–H and O–H groups in total. The van der Waals surface area contributed by atoms with Crippen molar-refractivity contribution in [3.8, 4) is 6.07 Å². The molecule has 124 valence electrons. The summed E-state index contributed by atoms with van der Waals surface area (Å²) in [4.78, 5) is 21.9. The monoisotopic (exact) mass is 347 g/mol. The van der Waals surface area contributed by atoms with Gasteiger partial charge in [-0.05, 0) is 24.6 Å². The van der Waals surface area contributed by atoms with Crippen molar-refractivity contribution in [2.45, 2.75) is 31.9 Å². The minimum atomic E-state index is -4.57. The second-order valence-corrected chi connectivity index (χ2v) is 5.21. The van der Waals surface area contributed by atoms with Crippen LogP contribution >= 0.6 is 11.6 Å². The molecule has 4 nitrogen and oxygen atoms in total. The lowest BCUT2D eigenvalue weighted by Gasteiger charge is -2.13. The first-order valence-corrected chi connectivity index (χ1v) is 6.94. The molecule has 0 saturated heterocycles. The number of nitriles is 1. The summed E-state index contributed by atoms with van der Waals surface area (Å²) < 4.78 is 42.7. The van der Waals surface area contributed by atoms with Gasteiger partial charge in [-0.15, -0.1) is 0 Å². The summed E-state index contributed by atoms with van der Waals surface area (Å²) in [7, 11) is 0. The molecule has 1 unspecified atom stereocenters. The van der Waals surface area contributed by atoms with Crippen molar-refractivity contribution < 1.29 is 27.5 Å². The maximum Gasteiger partial charge on any atom is 0.417 e. The standard InChI is InChI=1S/C15H13ClF3NO3/c1-9(21)6-14(22)23-5-4-11(8-20)10-2-3-12(13(16)7-10)15(17,18)19/h2-3,7,11H,4-6H2,1H3. The van der Waals surface area contributed by atoms with E-state index in [2.05, 4.69) is 0 Å². The highest BCUT2D eigenvalue weighted by Gasteiger charge is 2.33. The molecule has 0 aromatic heterocycles. The average Bonchev–Trinajstić information content (AvgIpc) is 2.41. The molecule has 0 saturated carbocycles. The van der Waals surface area contributed by atoms with Crippen molar-refractivity contribution in [3.05, 3.63) is 34.3 Å². The van der Waals surface area contributed by atoms with Crippen LogP contribution in [0.3, 0.4) is 0 Å². The number of hydrogen-bond donors (Lipinski definition) is 0.